The Balaban J connectivity index is 1.57. The van der Waals surface area contributed by atoms with E-state index in [-0.39, 0.29) is 0 Å². The fourth-order valence-electron chi connectivity index (χ4n) is 3.91. The lowest BCUT2D eigenvalue weighted by atomic mass is 9.77. The topological polar surface area (TPSA) is 9.23 Å². The van der Waals surface area contributed by atoms with Crippen molar-refractivity contribution in [3.05, 3.63) is 66.5 Å². The van der Waals surface area contributed by atoms with Crippen LogP contribution in [0.2, 0.25) is 0 Å². The fraction of sp³-hybridized carbons (Fsp3) is 0.391. The maximum atomic E-state index is 12.0. The molecule has 0 unspecified atom stereocenters. The van der Waals surface area contributed by atoms with E-state index in [0.29, 0.717) is 12.2 Å². The minimum atomic E-state index is 0.677. The fourth-order valence-corrected chi connectivity index (χ4v) is 3.91. The summed E-state index contributed by atoms with van der Waals surface area (Å²) in [6, 6.07) is 17.2. The predicted octanol–water partition coefficient (Wildman–Crippen LogP) is 6.90. The lowest BCUT2D eigenvalue weighted by molar-refractivity contribution is 0.311. The minimum Gasteiger partial charge on any atom is -0.497 e. The number of methoxy groups -OCH3 is 1. The van der Waals surface area contributed by atoms with Crippen LogP contribution in [0.1, 0.15) is 50.0 Å². The Morgan fingerprint density at radius 1 is 0.920 bits per heavy atom. The second kappa shape index (κ2) is 8.84. The van der Waals surface area contributed by atoms with Gasteiger partial charge in [0.2, 0.25) is 0 Å². The van der Waals surface area contributed by atoms with Crippen molar-refractivity contribution < 1.29 is 9.13 Å². The summed E-state index contributed by atoms with van der Waals surface area (Å²) in [5.74, 6) is 2.34. The van der Waals surface area contributed by atoms with E-state index in [0.717, 1.165) is 24.5 Å². The van der Waals surface area contributed by atoms with Gasteiger partial charge in [-0.15, -0.1) is 0 Å². The third kappa shape index (κ3) is 4.72. The molecule has 1 saturated carbocycles. The van der Waals surface area contributed by atoms with E-state index in [2.05, 4.69) is 36.4 Å². The summed E-state index contributed by atoms with van der Waals surface area (Å²) in [7, 11) is 1.69. The Morgan fingerprint density at radius 3 is 2.08 bits per heavy atom. The second-order valence-corrected chi connectivity index (χ2v) is 7.01. The summed E-state index contributed by atoms with van der Waals surface area (Å²) >= 11 is 0. The second-order valence-electron chi connectivity index (χ2n) is 7.01. The normalized spacial score (nSPS) is 20.7. The molecule has 2 aromatic carbocycles. The summed E-state index contributed by atoms with van der Waals surface area (Å²) < 4.78 is 17.3. The predicted molar refractivity (Wildman–Crippen MR) is 103 cm³/mol. The number of hydrogen-bond donors (Lipinski definition) is 0. The van der Waals surface area contributed by atoms with Crippen LogP contribution in [-0.2, 0) is 0 Å². The minimum absolute atomic E-state index is 0.677. The Morgan fingerprint density at radius 2 is 1.52 bits per heavy atom. The van der Waals surface area contributed by atoms with Crippen LogP contribution in [0.25, 0.3) is 11.1 Å². The highest BCUT2D eigenvalue weighted by atomic mass is 19.1. The molecule has 0 N–H and O–H groups in total. The van der Waals surface area contributed by atoms with Gasteiger partial charge in [-0.05, 0) is 79.2 Å². The molecule has 1 aliphatic rings. The summed E-state index contributed by atoms with van der Waals surface area (Å²) in [6.45, 7) is 0. The average molecular weight is 338 g/mol. The largest absolute Gasteiger partial charge is 0.497 e. The molecule has 3 rings (SSSR count). The van der Waals surface area contributed by atoms with E-state index in [4.69, 9.17) is 4.74 Å². The highest BCUT2D eigenvalue weighted by molar-refractivity contribution is 5.64. The van der Waals surface area contributed by atoms with Crippen molar-refractivity contribution >= 4 is 0 Å². The Bertz CT molecular complexity index is 664. The van der Waals surface area contributed by atoms with E-state index >= 15 is 0 Å². The summed E-state index contributed by atoms with van der Waals surface area (Å²) in [5, 5.41) is 0. The van der Waals surface area contributed by atoms with Crippen molar-refractivity contribution in [3.63, 3.8) is 0 Å². The van der Waals surface area contributed by atoms with Crippen LogP contribution in [0.15, 0.2) is 60.9 Å². The standard InChI is InChI=1S/C23H27FO/c1-25-23-15-13-22(14-16-23)21-11-9-20(10-12-21)19-7-5-18(6-8-19)4-2-3-17-24/h3,9-19H,2,4-8H2,1H3/b17-3+/t18-,19-. The molecule has 0 heterocycles. The molecule has 0 atom stereocenters. The van der Waals surface area contributed by atoms with E-state index in [9.17, 15) is 4.39 Å². The maximum Gasteiger partial charge on any atom is 0.118 e. The van der Waals surface area contributed by atoms with Crippen molar-refractivity contribution in [1.29, 1.82) is 0 Å². The van der Waals surface area contributed by atoms with Gasteiger partial charge in [-0.1, -0.05) is 42.5 Å². The van der Waals surface area contributed by atoms with Gasteiger partial charge >= 0.3 is 0 Å². The first kappa shape index (κ1) is 17.7. The Hall–Kier alpha value is -2.09. The van der Waals surface area contributed by atoms with Gasteiger partial charge in [0, 0.05) is 0 Å². The van der Waals surface area contributed by atoms with Crippen LogP contribution in [-0.4, -0.2) is 7.11 Å². The Kier molecular flexibility index (Phi) is 6.27. The highest BCUT2D eigenvalue weighted by Gasteiger charge is 2.21. The molecule has 0 aliphatic heterocycles. The monoisotopic (exact) mass is 338 g/mol. The van der Waals surface area contributed by atoms with Crippen LogP contribution in [0.3, 0.4) is 0 Å². The maximum absolute atomic E-state index is 12.0. The zero-order valence-electron chi connectivity index (χ0n) is 15.0. The number of halogens is 1. The van der Waals surface area contributed by atoms with Gasteiger partial charge in [0.15, 0.2) is 0 Å². The van der Waals surface area contributed by atoms with Gasteiger partial charge in [-0.25, -0.2) is 4.39 Å². The Labute approximate surface area is 150 Å². The first-order valence-corrected chi connectivity index (χ1v) is 9.29. The highest BCUT2D eigenvalue weighted by Crippen LogP contribution is 2.38. The SMILES string of the molecule is COc1ccc(-c2ccc([C@H]3CC[C@H](CC/C=C/F)CC3)cc2)cc1. The van der Waals surface area contributed by atoms with Crippen LogP contribution in [0, 0.1) is 5.92 Å². The van der Waals surface area contributed by atoms with Crippen molar-refractivity contribution in [1.82, 2.24) is 0 Å². The molecule has 132 valence electrons. The molecule has 0 amide bonds. The summed E-state index contributed by atoms with van der Waals surface area (Å²) in [6.07, 6.45) is 9.37. The van der Waals surface area contributed by atoms with Crippen molar-refractivity contribution in [2.75, 3.05) is 7.11 Å². The number of ether oxygens (including phenoxy) is 1. The average Bonchev–Trinajstić information content (AvgIpc) is 2.69. The molecule has 1 nitrogen and oxygen atoms in total. The van der Waals surface area contributed by atoms with Gasteiger partial charge in [0.25, 0.3) is 0 Å². The number of rotatable bonds is 6. The van der Waals surface area contributed by atoms with Crippen LogP contribution in [0.5, 0.6) is 5.75 Å². The van der Waals surface area contributed by atoms with E-state index in [1.807, 2.05) is 12.1 Å². The molecular formula is C23H27FO. The van der Waals surface area contributed by atoms with Crippen molar-refractivity contribution in [3.8, 4) is 16.9 Å². The van der Waals surface area contributed by atoms with E-state index in [1.54, 1.807) is 13.2 Å². The lowest BCUT2D eigenvalue weighted by Crippen LogP contribution is -2.13. The van der Waals surface area contributed by atoms with Gasteiger partial charge in [-0.3, -0.25) is 0 Å². The van der Waals surface area contributed by atoms with Gasteiger partial charge in [-0.2, -0.15) is 0 Å². The van der Waals surface area contributed by atoms with Crippen LogP contribution in [0.4, 0.5) is 4.39 Å². The third-order valence-corrected chi connectivity index (χ3v) is 5.48. The molecule has 1 fully saturated rings. The molecule has 2 aromatic rings. The molecule has 0 radical (unpaired) electrons. The smallest absolute Gasteiger partial charge is 0.118 e. The van der Waals surface area contributed by atoms with E-state index in [1.165, 1.54) is 42.4 Å². The molecule has 0 bridgehead atoms. The summed E-state index contributed by atoms with van der Waals surface area (Å²) in [5.41, 5.74) is 3.93. The molecular weight excluding hydrogens is 311 g/mol. The number of hydrogen-bond acceptors (Lipinski definition) is 1. The molecule has 0 saturated heterocycles. The molecule has 2 heteroatoms. The van der Waals surface area contributed by atoms with Gasteiger partial charge in [0.05, 0.1) is 13.4 Å². The third-order valence-electron chi connectivity index (χ3n) is 5.48. The van der Waals surface area contributed by atoms with E-state index < -0.39 is 0 Å². The number of benzene rings is 2. The molecule has 0 aromatic heterocycles. The van der Waals surface area contributed by atoms with Crippen LogP contribution >= 0.6 is 0 Å². The summed E-state index contributed by atoms with van der Waals surface area (Å²) in [4.78, 5) is 0. The van der Waals surface area contributed by atoms with Crippen molar-refractivity contribution in [2.24, 2.45) is 5.92 Å². The van der Waals surface area contributed by atoms with Crippen molar-refractivity contribution in [2.45, 2.75) is 44.4 Å². The first-order chi connectivity index (χ1) is 12.3. The van der Waals surface area contributed by atoms with Gasteiger partial charge < -0.3 is 4.74 Å². The molecule has 25 heavy (non-hydrogen) atoms. The molecule has 1 aliphatic carbocycles. The molecule has 0 spiro atoms. The first-order valence-electron chi connectivity index (χ1n) is 9.29. The van der Waals surface area contributed by atoms with Gasteiger partial charge in [0.1, 0.15) is 5.75 Å². The zero-order valence-corrected chi connectivity index (χ0v) is 15.0. The zero-order chi connectivity index (χ0) is 17.5. The lowest BCUT2D eigenvalue weighted by Gasteiger charge is -2.28. The quantitative estimate of drug-likeness (QED) is 0.556. The number of allylic oxidation sites excluding steroid dienone is 1. The van der Waals surface area contributed by atoms with Crippen LogP contribution < -0.4 is 4.74 Å².